The highest BCUT2D eigenvalue weighted by Gasteiger charge is 2.42. The Balaban J connectivity index is 2.08. The zero-order chi connectivity index (χ0) is 37.5. The van der Waals surface area contributed by atoms with Gasteiger partial charge in [-0.25, -0.2) is 0 Å². The fourth-order valence-electron chi connectivity index (χ4n) is 7.09. The van der Waals surface area contributed by atoms with Gasteiger partial charge in [0.25, 0.3) is 0 Å². The van der Waals surface area contributed by atoms with E-state index in [-0.39, 0.29) is 60.5 Å². The lowest BCUT2D eigenvalue weighted by Crippen LogP contribution is -2.55. The molecule has 1 aliphatic heterocycles. The standard InChI is InChI=1S/C37H64N6O6S/c1-12-25(4)34(42(9)32(45)22-39-37(47)33(24(2)3)41(7)8)30(48-10)20-31(44)43-19-13-14-29(43)35(49-11)26(5)36(46)40-50-23-28-17-15-27(16-18-28)21-38-6/h15-18,24-26,29-30,33-35,38H,12-14,19-23H2,1-11H3,(H,39,47)(H,40,46). The Morgan fingerprint density at radius 3 is 2.16 bits per heavy atom. The van der Waals surface area contributed by atoms with Crippen molar-refractivity contribution in [1.29, 1.82) is 0 Å². The Morgan fingerprint density at radius 2 is 1.62 bits per heavy atom. The predicted molar refractivity (Wildman–Crippen MR) is 200 cm³/mol. The Bertz CT molecular complexity index is 1210. The summed E-state index contributed by atoms with van der Waals surface area (Å²) in [6, 6.07) is 7.26. The number of carbonyl (C=O) groups is 4. The van der Waals surface area contributed by atoms with E-state index in [9.17, 15) is 19.2 Å². The molecular formula is C37H64N6O6S. The highest BCUT2D eigenvalue weighted by molar-refractivity contribution is 7.97. The van der Waals surface area contributed by atoms with Crippen molar-refractivity contribution in [3.8, 4) is 0 Å². The van der Waals surface area contributed by atoms with Crippen molar-refractivity contribution in [3.05, 3.63) is 35.4 Å². The van der Waals surface area contributed by atoms with Gasteiger partial charge in [0, 0.05) is 40.1 Å². The molecular weight excluding hydrogens is 657 g/mol. The quantitative estimate of drug-likeness (QED) is 0.164. The van der Waals surface area contributed by atoms with E-state index in [2.05, 4.69) is 39.6 Å². The Morgan fingerprint density at radius 1 is 0.980 bits per heavy atom. The minimum Gasteiger partial charge on any atom is -0.379 e. The lowest BCUT2D eigenvalue weighted by Gasteiger charge is -2.39. The molecule has 3 N–H and O–H groups in total. The van der Waals surface area contributed by atoms with E-state index in [1.807, 2.05) is 65.6 Å². The van der Waals surface area contributed by atoms with E-state index in [4.69, 9.17) is 9.47 Å². The number of likely N-dealkylation sites (N-methyl/N-ethyl adjacent to an activating group) is 2. The molecule has 0 bridgehead atoms. The number of rotatable bonds is 21. The third-order valence-corrected chi connectivity index (χ3v) is 10.8. The van der Waals surface area contributed by atoms with Crippen LogP contribution < -0.4 is 15.4 Å². The fourth-order valence-corrected chi connectivity index (χ4v) is 7.85. The lowest BCUT2D eigenvalue weighted by molar-refractivity contribution is -0.145. The van der Waals surface area contributed by atoms with Crippen LogP contribution in [0.4, 0.5) is 0 Å². The van der Waals surface area contributed by atoms with Crippen LogP contribution in [0.5, 0.6) is 0 Å². The molecule has 0 aromatic heterocycles. The van der Waals surface area contributed by atoms with Gasteiger partial charge in [-0.3, -0.25) is 28.8 Å². The number of nitrogens with one attached hydrogen (secondary N) is 3. The van der Waals surface area contributed by atoms with Gasteiger partial charge in [-0.1, -0.05) is 65.3 Å². The molecule has 1 aromatic carbocycles. The number of likely N-dealkylation sites (tertiary alicyclic amines) is 1. The van der Waals surface area contributed by atoms with Crippen molar-refractivity contribution in [3.63, 3.8) is 0 Å². The largest absolute Gasteiger partial charge is 0.379 e. The van der Waals surface area contributed by atoms with Crippen LogP contribution >= 0.6 is 11.9 Å². The average Bonchev–Trinajstić information content (AvgIpc) is 3.57. The maximum atomic E-state index is 14.0. The monoisotopic (exact) mass is 720 g/mol. The summed E-state index contributed by atoms with van der Waals surface area (Å²) in [5, 5.41) is 5.95. The van der Waals surface area contributed by atoms with E-state index in [1.165, 1.54) is 17.5 Å². The SMILES string of the molecule is CCC(C)C(C(CC(=O)N1CCCC1C(OC)C(C)C(=O)NSCc1ccc(CNC)cc1)OC)N(C)C(=O)CNC(=O)C(C(C)C)N(C)C. The van der Waals surface area contributed by atoms with Gasteiger partial charge in [-0.05, 0) is 68.9 Å². The summed E-state index contributed by atoms with van der Waals surface area (Å²) >= 11 is 1.35. The highest BCUT2D eigenvalue weighted by Crippen LogP contribution is 2.29. The number of benzene rings is 1. The zero-order valence-electron chi connectivity index (χ0n) is 32.3. The summed E-state index contributed by atoms with van der Waals surface area (Å²) < 4.78 is 14.8. The van der Waals surface area contributed by atoms with Gasteiger partial charge in [0.1, 0.15) is 0 Å². The average molecular weight is 721 g/mol. The van der Waals surface area contributed by atoms with Gasteiger partial charge in [0.15, 0.2) is 0 Å². The smallest absolute Gasteiger partial charge is 0.242 e. The third-order valence-electron chi connectivity index (χ3n) is 9.99. The normalized spacial score (nSPS) is 18.3. The first-order valence-corrected chi connectivity index (χ1v) is 18.9. The molecule has 50 heavy (non-hydrogen) atoms. The highest BCUT2D eigenvalue weighted by atomic mass is 32.2. The second kappa shape index (κ2) is 21.6. The van der Waals surface area contributed by atoms with Crippen LogP contribution in [0.1, 0.15) is 71.4 Å². The van der Waals surface area contributed by atoms with Crippen molar-refractivity contribution in [2.24, 2.45) is 17.8 Å². The molecule has 1 aromatic rings. The van der Waals surface area contributed by atoms with Crippen LogP contribution in [0.2, 0.25) is 0 Å². The molecule has 1 fully saturated rings. The maximum absolute atomic E-state index is 14.0. The minimum atomic E-state index is -0.570. The van der Waals surface area contributed by atoms with Crippen LogP contribution in [-0.2, 0) is 40.9 Å². The zero-order valence-corrected chi connectivity index (χ0v) is 33.1. The third kappa shape index (κ3) is 12.2. The van der Waals surface area contributed by atoms with Crippen LogP contribution in [0.15, 0.2) is 24.3 Å². The van der Waals surface area contributed by atoms with Crippen LogP contribution in [0.3, 0.4) is 0 Å². The molecule has 12 nitrogen and oxygen atoms in total. The van der Waals surface area contributed by atoms with Gasteiger partial charge in [0.2, 0.25) is 23.6 Å². The molecule has 0 saturated carbocycles. The van der Waals surface area contributed by atoms with Gasteiger partial charge in [-0.15, -0.1) is 0 Å². The second-order valence-electron chi connectivity index (χ2n) is 14.1. The van der Waals surface area contributed by atoms with Crippen molar-refractivity contribution in [2.75, 3.05) is 55.5 Å². The minimum absolute atomic E-state index is 0.0243. The number of methoxy groups -OCH3 is 2. The summed E-state index contributed by atoms with van der Waals surface area (Å²) in [6.07, 6.45) is 1.31. The molecule has 1 aliphatic rings. The number of nitrogens with zero attached hydrogens (tertiary/aromatic N) is 3. The topological polar surface area (TPSA) is 133 Å². The van der Waals surface area contributed by atoms with Gasteiger partial charge in [-0.2, -0.15) is 0 Å². The van der Waals surface area contributed by atoms with E-state index in [1.54, 1.807) is 26.2 Å². The van der Waals surface area contributed by atoms with Crippen molar-refractivity contribution >= 4 is 35.6 Å². The number of ether oxygens (including phenoxy) is 2. The number of hydrogen-bond donors (Lipinski definition) is 3. The molecule has 0 radical (unpaired) electrons. The van der Waals surface area contributed by atoms with Gasteiger partial charge < -0.3 is 29.9 Å². The first-order valence-electron chi connectivity index (χ1n) is 17.9. The molecule has 284 valence electrons. The fraction of sp³-hybridized carbons (Fsp3) is 0.730. The molecule has 7 atom stereocenters. The molecule has 13 heteroatoms. The summed E-state index contributed by atoms with van der Waals surface area (Å²) in [6.45, 7) is 11.1. The maximum Gasteiger partial charge on any atom is 0.242 e. The van der Waals surface area contributed by atoms with Crippen LogP contribution in [-0.4, -0.2) is 124 Å². The Kier molecular flexibility index (Phi) is 18.8. The molecule has 0 aliphatic carbocycles. The first-order chi connectivity index (χ1) is 23.7. The van der Waals surface area contributed by atoms with E-state index in [0.717, 1.165) is 31.4 Å². The summed E-state index contributed by atoms with van der Waals surface area (Å²) in [4.78, 5) is 58.9. The Hall–Kier alpha value is -2.71. The summed E-state index contributed by atoms with van der Waals surface area (Å²) in [5.41, 5.74) is 2.31. The Labute approximate surface area is 305 Å². The summed E-state index contributed by atoms with van der Waals surface area (Å²) in [7, 11) is 10.5. The molecule has 7 unspecified atom stereocenters. The van der Waals surface area contributed by atoms with Crippen LogP contribution in [0, 0.1) is 17.8 Å². The first kappa shape index (κ1) is 43.5. The van der Waals surface area contributed by atoms with Crippen molar-refractivity contribution < 1.29 is 28.7 Å². The molecule has 0 spiro atoms. The van der Waals surface area contributed by atoms with Gasteiger partial charge >= 0.3 is 0 Å². The van der Waals surface area contributed by atoms with Gasteiger partial charge in [0.05, 0.1) is 49.2 Å². The summed E-state index contributed by atoms with van der Waals surface area (Å²) in [5.74, 6) is -0.438. The van der Waals surface area contributed by atoms with Crippen molar-refractivity contribution in [1.82, 2.24) is 30.1 Å². The molecule has 1 saturated heterocycles. The van der Waals surface area contributed by atoms with E-state index < -0.39 is 24.2 Å². The van der Waals surface area contributed by atoms with E-state index >= 15 is 0 Å². The van der Waals surface area contributed by atoms with Crippen LogP contribution in [0.25, 0.3) is 0 Å². The van der Waals surface area contributed by atoms with E-state index in [0.29, 0.717) is 12.3 Å². The molecule has 2 rings (SSSR count). The van der Waals surface area contributed by atoms with Crippen molar-refractivity contribution in [2.45, 2.75) is 103 Å². The second-order valence-corrected chi connectivity index (χ2v) is 14.9. The lowest BCUT2D eigenvalue weighted by atomic mass is 9.90. The molecule has 1 heterocycles. The number of carbonyl (C=O) groups excluding carboxylic acids is 4. The number of amides is 4. The number of hydrogen-bond acceptors (Lipinski definition) is 9. The predicted octanol–water partition coefficient (Wildman–Crippen LogP) is 3.29. The molecule has 4 amide bonds.